The number of hydrogen-bond acceptors (Lipinski definition) is 4. The number of rotatable bonds is 6. The first kappa shape index (κ1) is 15.9. The molecule has 2 rings (SSSR count). The van der Waals surface area contributed by atoms with E-state index in [0.717, 1.165) is 23.5 Å². The molecule has 0 fully saturated rings. The fourth-order valence-corrected chi connectivity index (χ4v) is 3.24. The number of hydrogen-bond donors (Lipinski definition) is 1. The highest BCUT2D eigenvalue weighted by Crippen LogP contribution is 2.35. The Hall–Kier alpha value is -1.52. The molecule has 1 atom stereocenters. The molecule has 1 heterocycles. The molecule has 4 heteroatoms. The van der Waals surface area contributed by atoms with Gasteiger partial charge >= 0.3 is 0 Å². The van der Waals surface area contributed by atoms with Crippen LogP contribution in [0, 0.1) is 0 Å². The molecule has 0 radical (unpaired) electrons. The summed E-state index contributed by atoms with van der Waals surface area (Å²) in [6.07, 6.45) is 0. The monoisotopic (exact) mass is 304 g/mol. The summed E-state index contributed by atoms with van der Waals surface area (Å²) >= 11 is 1.78. The van der Waals surface area contributed by atoms with Crippen molar-refractivity contribution in [2.45, 2.75) is 39.4 Å². The maximum Gasteiger partial charge on any atom is 0.125 e. The van der Waals surface area contributed by atoms with Crippen LogP contribution in [-0.4, -0.2) is 13.2 Å². The van der Waals surface area contributed by atoms with Crippen LogP contribution < -0.4 is 15.4 Å². The largest absolute Gasteiger partial charge is 0.496 e. The van der Waals surface area contributed by atoms with Gasteiger partial charge in [-0.05, 0) is 44.4 Å². The lowest BCUT2D eigenvalue weighted by atomic mass is 10.0. The third-order valence-corrected chi connectivity index (χ3v) is 4.42. The summed E-state index contributed by atoms with van der Waals surface area (Å²) in [4.78, 5) is 3.73. The minimum Gasteiger partial charge on any atom is -0.496 e. The Morgan fingerprint density at radius 3 is 2.48 bits per heavy atom. The number of methoxy groups -OCH3 is 1. The van der Waals surface area contributed by atoms with Crippen LogP contribution in [0.2, 0.25) is 0 Å². The zero-order valence-electron chi connectivity index (χ0n) is 13.2. The van der Waals surface area contributed by atoms with Crippen molar-refractivity contribution in [2.75, 3.05) is 12.0 Å². The Labute approximate surface area is 131 Å². The molecule has 114 valence electrons. The number of thiophene rings is 1. The Morgan fingerprint density at radius 1 is 1.19 bits per heavy atom. The zero-order valence-corrected chi connectivity index (χ0v) is 14.0. The van der Waals surface area contributed by atoms with Gasteiger partial charge in [-0.15, -0.1) is 11.3 Å². The van der Waals surface area contributed by atoms with Crippen molar-refractivity contribution < 1.29 is 4.74 Å². The van der Waals surface area contributed by atoms with E-state index in [4.69, 9.17) is 10.5 Å². The molecular weight excluding hydrogens is 280 g/mol. The van der Waals surface area contributed by atoms with Gasteiger partial charge < -0.3 is 15.4 Å². The average molecular weight is 304 g/mol. The van der Waals surface area contributed by atoms with Crippen LogP contribution in [0.15, 0.2) is 35.7 Å². The van der Waals surface area contributed by atoms with Crippen LogP contribution in [0.25, 0.3) is 0 Å². The molecule has 2 aromatic rings. The molecule has 1 aromatic carbocycles. The van der Waals surface area contributed by atoms with E-state index in [0.29, 0.717) is 6.04 Å². The van der Waals surface area contributed by atoms with Crippen LogP contribution in [-0.2, 0) is 6.54 Å². The second kappa shape index (κ2) is 6.96. The van der Waals surface area contributed by atoms with E-state index in [9.17, 15) is 0 Å². The third-order valence-electron chi connectivity index (χ3n) is 3.56. The molecule has 0 spiro atoms. The van der Waals surface area contributed by atoms with E-state index in [1.165, 1.54) is 4.88 Å². The van der Waals surface area contributed by atoms with Crippen molar-refractivity contribution in [3.05, 3.63) is 46.2 Å². The summed E-state index contributed by atoms with van der Waals surface area (Å²) in [5.41, 5.74) is 8.43. The van der Waals surface area contributed by atoms with Crippen molar-refractivity contribution in [2.24, 2.45) is 5.73 Å². The van der Waals surface area contributed by atoms with Gasteiger partial charge in [0.25, 0.3) is 0 Å². The summed E-state index contributed by atoms with van der Waals surface area (Å²) in [6.45, 7) is 7.31. The Morgan fingerprint density at radius 2 is 1.95 bits per heavy atom. The Balaban J connectivity index is 2.44. The molecular formula is C17H24N2OS. The summed E-state index contributed by atoms with van der Waals surface area (Å²) < 4.78 is 5.51. The number of anilines is 1. The molecule has 3 nitrogen and oxygen atoms in total. The van der Waals surface area contributed by atoms with Gasteiger partial charge in [0.05, 0.1) is 13.7 Å². The molecule has 0 aliphatic carbocycles. The summed E-state index contributed by atoms with van der Waals surface area (Å²) in [6, 6.07) is 10.7. The van der Waals surface area contributed by atoms with Crippen molar-refractivity contribution in [3.63, 3.8) is 0 Å². The molecule has 0 saturated heterocycles. The molecule has 1 aromatic heterocycles. The maximum absolute atomic E-state index is 6.20. The normalized spacial score (nSPS) is 12.5. The van der Waals surface area contributed by atoms with Crippen LogP contribution in [0.4, 0.5) is 5.69 Å². The number of benzene rings is 1. The summed E-state index contributed by atoms with van der Waals surface area (Å²) in [5, 5.41) is 2.12. The second-order valence-electron chi connectivity index (χ2n) is 5.48. The van der Waals surface area contributed by atoms with Crippen molar-refractivity contribution in [1.82, 2.24) is 0 Å². The minimum atomic E-state index is -0.0688. The van der Waals surface area contributed by atoms with Crippen molar-refractivity contribution >= 4 is 17.0 Å². The lowest BCUT2D eigenvalue weighted by Gasteiger charge is -2.32. The predicted octanol–water partition coefficient (Wildman–Crippen LogP) is 4.19. The molecule has 0 saturated carbocycles. The molecule has 0 aliphatic heterocycles. The second-order valence-corrected chi connectivity index (χ2v) is 6.52. The first-order valence-electron chi connectivity index (χ1n) is 7.26. The standard InChI is InChI=1S/C17H24N2OS/c1-12(2)19(11-14-7-6-10-21-14)15-8-5-9-16(20-4)17(15)13(3)18/h5-10,12-13H,11,18H2,1-4H3/t13-/m1/s1. The quantitative estimate of drug-likeness (QED) is 0.869. The van der Waals surface area contributed by atoms with E-state index in [1.54, 1.807) is 18.4 Å². The van der Waals surface area contributed by atoms with E-state index in [2.05, 4.69) is 42.3 Å². The molecule has 2 N–H and O–H groups in total. The van der Waals surface area contributed by atoms with Gasteiger partial charge in [0, 0.05) is 28.2 Å². The van der Waals surface area contributed by atoms with Crippen LogP contribution >= 0.6 is 11.3 Å². The van der Waals surface area contributed by atoms with E-state index < -0.39 is 0 Å². The van der Waals surface area contributed by atoms with E-state index >= 15 is 0 Å². The average Bonchev–Trinajstić information content (AvgIpc) is 2.96. The Bertz CT molecular complexity index is 564. The van der Waals surface area contributed by atoms with E-state index in [-0.39, 0.29) is 6.04 Å². The first-order valence-corrected chi connectivity index (χ1v) is 8.14. The molecule has 0 unspecified atom stereocenters. The predicted molar refractivity (Wildman–Crippen MR) is 91.2 cm³/mol. The third kappa shape index (κ3) is 3.57. The fraction of sp³-hybridized carbons (Fsp3) is 0.412. The molecule has 0 aliphatic rings. The lowest BCUT2D eigenvalue weighted by molar-refractivity contribution is 0.406. The van der Waals surface area contributed by atoms with Gasteiger partial charge in [-0.3, -0.25) is 0 Å². The topological polar surface area (TPSA) is 38.5 Å². The fourth-order valence-electron chi connectivity index (χ4n) is 2.53. The van der Waals surface area contributed by atoms with Gasteiger partial charge in [-0.25, -0.2) is 0 Å². The summed E-state index contributed by atoms with van der Waals surface area (Å²) in [7, 11) is 1.70. The summed E-state index contributed by atoms with van der Waals surface area (Å²) in [5.74, 6) is 0.860. The molecule has 0 bridgehead atoms. The minimum absolute atomic E-state index is 0.0688. The van der Waals surface area contributed by atoms with Crippen LogP contribution in [0.1, 0.15) is 37.3 Å². The first-order chi connectivity index (χ1) is 10.0. The number of ether oxygens (including phenoxy) is 1. The van der Waals surface area contributed by atoms with Gasteiger partial charge in [-0.1, -0.05) is 12.1 Å². The molecule has 21 heavy (non-hydrogen) atoms. The number of nitrogens with two attached hydrogens (primary N) is 1. The highest BCUT2D eigenvalue weighted by Gasteiger charge is 2.20. The zero-order chi connectivity index (χ0) is 15.4. The maximum atomic E-state index is 6.20. The van der Waals surface area contributed by atoms with Crippen molar-refractivity contribution in [3.8, 4) is 5.75 Å². The van der Waals surface area contributed by atoms with Gasteiger partial charge in [0.15, 0.2) is 0 Å². The van der Waals surface area contributed by atoms with Crippen molar-refractivity contribution in [1.29, 1.82) is 0 Å². The lowest BCUT2D eigenvalue weighted by Crippen LogP contribution is -2.31. The van der Waals surface area contributed by atoms with E-state index in [1.807, 2.05) is 19.1 Å². The van der Waals surface area contributed by atoms with Gasteiger partial charge in [0.2, 0.25) is 0 Å². The highest BCUT2D eigenvalue weighted by atomic mass is 32.1. The van der Waals surface area contributed by atoms with Gasteiger partial charge in [0.1, 0.15) is 5.75 Å². The van der Waals surface area contributed by atoms with Crippen LogP contribution in [0.5, 0.6) is 5.75 Å². The van der Waals surface area contributed by atoms with Crippen LogP contribution in [0.3, 0.4) is 0 Å². The van der Waals surface area contributed by atoms with Gasteiger partial charge in [-0.2, -0.15) is 0 Å². The SMILES string of the molecule is COc1cccc(N(Cc2cccs2)C(C)C)c1[C@@H](C)N. The molecule has 0 amide bonds. The Kier molecular flexibility index (Phi) is 5.26. The highest BCUT2D eigenvalue weighted by molar-refractivity contribution is 7.09. The smallest absolute Gasteiger partial charge is 0.125 e. The number of nitrogens with zero attached hydrogens (tertiary/aromatic N) is 1.